The lowest BCUT2D eigenvalue weighted by Crippen LogP contribution is -2.31. The van der Waals surface area contributed by atoms with Crippen LogP contribution in [0.4, 0.5) is 10.5 Å². The van der Waals surface area contributed by atoms with Crippen molar-refractivity contribution in [2.75, 3.05) is 18.1 Å². The molecule has 21 heavy (non-hydrogen) atoms. The summed E-state index contributed by atoms with van der Waals surface area (Å²) in [6.07, 6.45) is 2.20. The topological polar surface area (TPSA) is 95.5 Å². The average molecular weight is 333 g/mol. The van der Waals surface area contributed by atoms with Crippen LogP contribution in [0.1, 0.15) is 23.7 Å². The van der Waals surface area contributed by atoms with Crippen molar-refractivity contribution in [3.8, 4) is 0 Å². The summed E-state index contributed by atoms with van der Waals surface area (Å²) in [5.74, 6) is -1.10. The molecule has 0 spiro atoms. The van der Waals surface area contributed by atoms with Gasteiger partial charge in [0.15, 0.2) is 0 Å². The van der Waals surface area contributed by atoms with Gasteiger partial charge < -0.3 is 15.7 Å². The Morgan fingerprint density at radius 2 is 2.10 bits per heavy atom. The number of carboxylic acids is 1. The molecule has 0 fully saturated rings. The maximum absolute atomic E-state index is 11.7. The summed E-state index contributed by atoms with van der Waals surface area (Å²) in [4.78, 5) is 22.6. The average Bonchev–Trinajstić information content (AvgIpc) is 2.40. The minimum atomic E-state index is -1.10. The molecule has 6 nitrogen and oxygen atoms in total. The zero-order valence-electron chi connectivity index (χ0n) is 11.7. The number of amides is 2. The number of rotatable bonds is 6. The summed E-state index contributed by atoms with van der Waals surface area (Å²) < 4.78 is 11.2. The van der Waals surface area contributed by atoms with E-state index in [1.807, 2.05) is 6.92 Å². The largest absolute Gasteiger partial charge is 0.478 e. The molecule has 1 rings (SSSR count). The lowest BCUT2D eigenvalue weighted by Gasteiger charge is -2.11. The highest BCUT2D eigenvalue weighted by molar-refractivity contribution is 7.84. The van der Waals surface area contributed by atoms with Gasteiger partial charge in [0, 0.05) is 28.9 Å². The molecule has 0 aliphatic carbocycles. The standard InChI is InChI=1S/C13H17ClN2O4S/c1-8(21(2)20)5-6-15-13(19)16-11-7-9(12(17)18)3-4-10(11)14/h3-4,7-8H,5-6H2,1-2H3,(H,17,18)(H2,15,16,19). The Balaban J connectivity index is 2.57. The number of hydrogen-bond acceptors (Lipinski definition) is 3. The molecular formula is C13H17ClN2O4S. The number of benzene rings is 1. The van der Waals surface area contributed by atoms with Crippen molar-refractivity contribution in [3.05, 3.63) is 28.8 Å². The van der Waals surface area contributed by atoms with Gasteiger partial charge in [-0.05, 0) is 24.6 Å². The second kappa shape index (κ2) is 7.99. The lowest BCUT2D eigenvalue weighted by atomic mass is 10.2. The third-order valence-corrected chi connectivity index (χ3v) is 4.56. The van der Waals surface area contributed by atoms with Crippen molar-refractivity contribution in [1.29, 1.82) is 0 Å². The Labute approximate surface area is 130 Å². The summed E-state index contributed by atoms with van der Waals surface area (Å²) in [5.41, 5.74) is 0.255. The molecule has 0 aromatic heterocycles. The summed E-state index contributed by atoms with van der Waals surface area (Å²) in [6.45, 7) is 2.20. The van der Waals surface area contributed by atoms with Gasteiger partial charge in [0.1, 0.15) is 0 Å². The predicted octanol–water partition coefficient (Wildman–Crippen LogP) is 2.32. The smallest absolute Gasteiger partial charge is 0.335 e. The van der Waals surface area contributed by atoms with Crippen molar-refractivity contribution >= 4 is 40.1 Å². The van der Waals surface area contributed by atoms with Crippen molar-refractivity contribution in [1.82, 2.24) is 5.32 Å². The van der Waals surface area contributed by atoms with Crippen LogP contribution in [-0.2, 0) is 10.8 Å². The number of nitrogens with one attached hydrogen (secondary N) is 2. The van der Waals surface area contributed by atoms with Crippen molar-refractivity contribution in [3.63, 3.8) is 0 Å². The van der Waals surface area contributed by atoms with Gasteiger partial charge in [-0.2, -0.15) is 0 Å². The summed E-state index contributed by atoms with van der Waals surface area (Å²) in [6, 6.07) is 3.55. The number of anilines is 1. The zero-order valence-corrected chi connectivity index (χ0v) is 13.3. The minimum absolute atomic E-state index is 0.00998. The van der Waals surface area contributed by atoms with Crippen LogP contribution in [0.2, 0.25) is 5.02 Å². The van der Waals surface area contributed by atoms with Gasteiger partial charge in [-0.3, -0.25) is 4.21 Å². The third kappa shape index (κ3) is 5.73. The van der Waals surface area contributed by atoms with Crippen LogP contribution in [0.25, 0.3) is 0 Å². The predicted molar refractivity (Wildman–Crippen MR) is 83.6 cm³/mol. The van der Waals surface area contributed by atoms with E-state index in [2.05, 4.69) is 10.6 Å². The van der Waals surface area contributed by atoms with Crippen molar-refractivity contribution in [2.45, 2.75) is 18.6 Å². The van der Waals surface area contributed by atoms with Crippen LogP contribution in [0.5, 0.6) is 0 Å². The molecule has 0 radical (unpaired) electrons. The number of carboxylic acid groups (broad SMARTS) is 1. The maximum atomic E-state index is 11.7. The third-order valence-electron chi connectivity index (χ3n) is 2.86. The van der Waals surface area contributed by atoms with Crippen LogP contribution in [0.3, 0.4) is 0 Å². The normalized spacial score (nSPS) is 13.3. The van der Waals surface area contributed by atoms with Crippen molar-refractivity contribution in [2.24, 2.45) is 0 Å². The Hall–Kier alpha value is -1.60. The Morgan fingerprint density at radius 3 is 2.67 bits per heavy atom. The highest BCUT2D eigenvalue weighted by atomic mass is 35.5. The maximum Gasteiger partial charge on any atom is 0.335 e. The fourth-order valence-corrected chi connectivity index (χ4v) is 2.09. The molecule has 1 aromatic carbocycles. The monoisotopic (exact) mass is 332 g/mol. The number of carbonyl (C=O) groups is 2. The fraction of sp³-hybridized carbons (Fsp3) is 0.385. The van der Waals surface area contributed by atoms with Gasteiger partial charge in [-0.1, -0.05) is 18.5 Å². The lowest BCUT2D eigenvalue weighted by molar-refractivity contribution is 0.0697. The van der Waals surface area contributed by atoms with E-state index in [1.165, 1.54) is 18.2 Å². The number of hydrogen-bond donors (Lipinski definition) is 3. The Kier molecular flexibility index (Phi) is 6.64. The second-order valence-electron chi connectivity index (χ2n) is 4.48. The Bertz CT molecular complexity index is 565. The molecule has 2 atom stereocenters. The van der Waals surface area contributed by atoms with E-state index in [0.717, 1.165) is 0 Å². The molecule has 8 heteroatoms. The summed E-state index contributed by atoms with van der Waals surface area (Å²) in [7, 11) is -0.933. The molecule has 0 saturated carbocycles. The highest BCUT2D eigenvalue weighted by Crippen LogP contribution is 2.22. The van der Waals surface area contributed by atoms with E-state index in [1.54, 1.807) is 6.26 Å². The molecule has 0 aliphatic rings. The van der Waals surface area contributed by atoms with Crippen LogP contribution >= 0.6 is 11.6 Å². The first kappa shape index (κ1) is 17.5. The molecule has 0 bridgehead atoms. The van der Waals surface area contributed by atoms with Crippen molar-refractivity contribution < 1.29 is 18.9 Å². The number of urea groups is 1. The first-order chi connectivity index (χ1) is 9.81. The van der Waals surface area contributed by atoms with Gasteiger partial charge in [-0.15, -0.1) is 0 Å². The second-order valence-corrected chi connectivity index (χ2v) is 6.69. The fourth-order valence-electron chi connectivity index (χ4n) is 1.48. The van der Waals surface area contributed by atoms with Gasteiger partial charge in [0.2, 0.25) is 0 Å². The first-order valence-corrected chi connectivity index (χ1v) is 8.21. The van der Waals surface area contributed by atoms with E-state index >= 15 is 0 Å². The molecular weight excluding hydrogens is 316 g/mol. The number of carbonyl (C=O) groups excluding carboxylic acids is 1. The number of aromatic carboxylic acids is 1. The quantitative estimate of drug-likeness (QED) is 0.745. The molecule has 1 aromatic rings. The van der Waals surface area contributed by atoms with Gasteiger partial charge >= 0.3 is 12.0 Å². The van der Waals surface area contributed by atoms with Crippen LogP contribution in [0, 0.1) is 0 Å². The zero-order chi connectivity index (χ0) is 16.0. The number of halogens is 1. The minimum Gasteiger partial charge on any atom is -0.478 e. The molecule has 2 unspecified atom stereocenters. The Morgan fingerprint density at radius 1 is 1.43 bits per heavy atom. The first-order valence-electron chi connectivity index (χ1n) is 6.21. The van der Waals surface area contributed by atoms with Crippen LogP contribution < -0.4 is 10.6 Å². The van der Waals surface area contributed by atoms with E-state index in [0.29, 0.717) is 13.0 Å². The molecule has 0 aliphatic heterocycles. The molecule has 0 heterocycles. The van der Waals surface area contributed by atoms with Gasteiger partial charge in [0.25, 0.3) is 0 Å². The van der Waals surface area contributed by atoms with Gasteiger partial charge in [-0.25, -0.2) is 9.59 Å². The van der Waals surface area contributed by atoms with Crippen LogP contribution in [0.15, 0.2) is 18.2 Å². The molecule has 116 valence electrons. The van der Waals surface area contributed by atoms with E-state index in [-0.39, 0.29) is 21.5 Å². The molecule has 3 N–H and O–H groups in total. The summed E-state index contributed by atoms with van der Waals surface area (Å²) >= 11 is 5.90. The molecule has 0 saturated heterocycles. The van der Waals surface area contributed by atoms with E-state index in [4.69, 9.17) is 16.7 Å². The summed E-state index contributed by atoms with van der Waals surface area (Å²) in [5, 5.41) is 14.2. The van der Waals surface area contributed by atoms with E-state index in [9.17, 15) is 13.8 Å². The SMILES string of the molecule is CC(CCNC(=O)Nc1cc(C(=O)O)ccc1Cl)S(C)=O. The highest BCUT2D eigenvalue weighted by Gasteiger charge is 2.11. The van der Waals surface area contributed by atoms with E-state index < -0.39 is 22.8 Å². The van der Waals surface area contributed by atoms with Crippen LogP contribution in [-0.4, -0.2) is 39.4 Å². The molecule has 2 amide bonds. The van der Waals surface area contributed by atoms with Gasteiger partial charge in [0.05, 0.1) is 16.3 Å².